The van der Waals surface area contributed by atoms with Crippen LogP contribution in [0, 0.1) is 11.7 Å². The maximum absolute atomic E-state index is 14.2. The molecule has 2 rings (SSSR count). The van der Waals surface area contributed by atoms with E-state index in [9.17, 15) is 12.8 Å². The van der Waals surface area contributed by atoms with Crippen molar-refractivity contribution in [2.24, 2.45) is 5.92 Å². The second-order valence-corrected chi connectivity index (χ2v) is 7.61. The molecule has 1 aliphatic carbocycles. The zero-order valence-electron chi connectivity index (χ0n) is 12.8. The molecule has 4 nitrogen and oxygen atoms in total. The summed E-state index contributed by atoms with van der Waals surface area (Å²) in [6.45, 7) is 5.15. The van der Waals surface area contributed by atoms with E-state index in [1.165, 1.54) is 23.5 Å². The Morgan fingerprint density at radius 1 is 1.43 bits per heavy atom. The Morgan fingerprint density at radius 3 is 2.62 bits per heavy atom. The van der Waals surface area contributed by atoms with Crippen molar-refractivity contribution in [1.29, 1.82) is 0 Å². The molecule has 0 saturated heterocycles. The van der Waals surface area contributed by atoms with Crippen LogP contribution in [-0.4, -0.2) is 32.4 Å². The van der Waals surface area contributed by atoms with Crippen LogP contribution in [0.3, 0.4) is 0 Å². The van der Waals surface area contributed by atoms with E-state index in [4.69, 9.17) is 0 Å². The van der Waals surface area contributed by atoms with Crippen LogP contribution in [0.25, 0.3) is 0 Å². The molecule has 0 amide bonds. The fraction of sp³-hybridized carbons (Fsp3) is 0.600. The Labute approximate surface area is 126 Å². The van der Waals surface area contributed by atoms with E-state index in [1.54, 1.807) is 6.07 Å². The van der Waals surface area contributed by atoms with Crippen LogP contribution in [0.15, 0.2) is 23.1 Å². The van der Waals surface area contributed by atoms with Crippen LogP contribution in [-0.2, 0) is 16.6 Å². The molecule has 1 atom stereocenters. The maximum Gasteiger partial charge on any atom is 0.245 e. The molecular weight excluding hydrogens is 291 g/mol. The van der Waals surface area contributed by atoms with Gasteiger partial charge in [-0.15, -0.1) is 0 Å². The molecular formula is C15H23FN2O2S. The van der Waals surface area contributed by atoms with Gasteiger partial charge in [-0.05, 0) is 49.9 Å². The van der Waals surface area contributed by atoms with Gasteiger partial charge in [0.2, 0.25) is 10.0 Å². The van der Waals surface area contributed by atoms with E-state index in [2.05, 4.69) is 5.32 Å². The molecule has 21 heavy (non-hydrogen) atoms. The van der Waals surface area contributed by atoms with Crippen molar-refractivity contribution in [2.45, 2.75) is 44.2 Å². The van der Waals surface area contributed by atoms with E-state index in [0.29, 0.717) is 12.5 Å². The van der Waals surface area contributed by atoms with Crippen LogP contribution in [0.2, 0.25) is 0 Å². The van der Waals surface area contributed by atoms with Crippen LogP contribution >= 0.6 is 0 Å². The van der Waals surface area contributed by atoms with Crippen LogP contribution in [0.5, 0.6) is 0 Å². The van der Waals surface area contributed by atoms with Crippen molar-refractivity contribution in [1.82, 2.24) is 9.62 Å². The molecule has 1 unspecified atom stereocenters. The third-order valence-electron chi connectivity index (χ3n) is 4.11. The SMILES string of the molecule is CCNCc1ccc(S(=O)(=O)N(C)C(C)C2CC2)c(F)c1. The highest BCUT2D eigenvalue weighted by atomic mass is 32.2. The minimum absolute atomic E-state index is 0.0872. The van der Waals surface area contributed by atoms with Gasteiger partial charge < -0.3 is 5.32 Å². The predicted molar refractivity (Wildman–Crippen MR) is 80.9 cm³/mol. The number of halogens is 1. The van der Waals surface area contributed by atoms with E-state index < -0.39 is 15.8 Å². The first-order valence-electron chi connectivity index (χ1n) is 7.35. The standard InChI is InChI=1S/C15H23FN2O2S/c1-4-17-10-12-5-8-15(14(16)9-12)21(19,20)18(3)11(2)13-6-7-13/h5,8-9,11,13,17H,4,6-7,10H2,1-3H3. The van der Waals surface area contributed by atoms with Crippen LogP contribution in [0.4, 0.5) is 4.39 Å². The summed E-state index contributed by atoms with van der Waals surface area (Å²) < 4.78 is 40.5. The summed E-state index contributed by atoms with van der Waals surface area (Å²) in [5.41, 5.74) is 0.742. The number of nitrogens with zero attached hydrogens (tertiary/aromatic N) is 1. The molecule has 0 radical (unpaired) electrons. The van der Waals surface area contributed by atoms with Crippen LogP contribution in [0.1, 0.15) is 32.3 Å². The van der Waals surface area contributed by atoms with Crippen molar-refractivity contribution < 1.29 is 12.8 Å². The predicted octanol–water partition coefficient (Wildman–Crippen LogP) is 2.35. The summed E-state index contributed by atoms with van der Waals surface area (Å²) in [5.74, 6) is -0.277. The number of rotatable bonds is 7. The van der Waals surface area contributed by atoms with Gasteiger partial charge in [0.15, 0.2) is 0 Å². The van der Waals surface area contributed by atoms with Gasteiger partial charge in [-0.2, -0.15) is 4.31 Å². The number of sulfonamides is 1. The Kier molecular flexibility index (Phi) is 5.01. The van der Waals surface area contributed by atoms with E-state index in [1.807, 2.05) is 13.8 Å². The molecule has 0 aromatic heterocycles. The second-order valence-electron chi connectivity index (χ2n) is 5.64. The molecule has 0 aliphatic heterocycles. The molecule has 1 fully saturated rings. The van der Waals surface area contributed by atoms with Gasteiger partial charge in [0.1, 0.15) is 10.7 Å². The van der Waals surface area contributed by atoms with E-state index in [-0.39, 0.29) is 10.9 Å². The summed E-state index contributed by atoms with van der Waals surface area (Å²) in [5, 5.41) is 3.09. The van der Waals surface area contributed by atoms with Crippen LogP contribution < -0.4 is 5.32 Å². The molecule has 1 aromatic rings. The van der Waals surface area contributed by atoms with Crippen molar-refractivity contribution in [3.63, 3.8) is 0 Å². The van der Waals surface area contributed by atoms with E-state index in [0.717, 1.165) is 24.9 Å². The fourth-order valence-corrected chi connectivity index (χ4v) is 3.85. The Balaban J connectivity index is 2.23. The quantitative estimate of drug-likeness (QED) is 0.840. The maximum atomic E-state index is 14.2. The molecule has 1 aromatic carbocycles. The van der Waals surface area contributed by atoms with Crippen molar-refractivity contribution in [2.75, 3.05) is 13.6 Å². The summed E-state index contributed by atoms with van der Waals surface area (Å²) in [6, 6.07) is 4.24. The summed E-state index contributed by atoms with van der Waals surface area (Å²) in [6.07, 6.45) is 2.09. The Hall–Kier alpha value is -0.980. The second kappa shape index (κ2) is 6.42. The molecule has 1 N–H and O–H groups in total. The first kappa shape index (κ1) is 16.4. The van der Waals surface area contributed by atoms with Gasteiger partial charge in [-0.1, -0.05) is 13.0 Å². The minimum Gasteiger partial charge on any atom is -0.313 e. The van der Waals surface area contributed by atoms with Gasteiger partial charge in [0.05, 0.1) is 0 Å². The first-order chi connectivity index (χ1) is 9.87. The number of benzene rings is 1. The Bertz CT molecular complexity index is 600. The lowest BCUT2D eigenvalue weighted by Crippen LogP contribution is -2.36. The average molecular weight is 314 g/mol. The number of nitrogens with one attached hydrogen (secondary N) is 1. The minimum atomic E-state index is -3.77. The van der Waals surface area contributed by atoms with Crippen molar-refractivity contribution in [3.8, 4) is 0 Å². The molecule has 6 heteroatoms. The number of hydrogen-bond acceptors (Lipinski definition) is 3. The first-order valence-corrected chi connectivity index (χ1v) is 8.79. The third kappa shape index (κ3) is 3.62. The summed E-state index contributed by atoms with van der Waals surface area (Å²) in [7, 11) is -2.24. The normalized spacial score (nSPS) is 17.2. The zero-order chi connectivity index (χ0) is 15.6. The molecule has 0 heterocycles. The Morgan fingerprint density at radius 2 is 2.10 bits per heavy atom. The topological polar surface area (TPSA) is 49.4 Å². The summed E-state index contributed by atoms with van der Waals surface area (Å²) >= 11 is 0. The van der Waals surface area contributed by atoms with Crippen molar-refractivity contribution >= 4 is 10.0 Å². The highest BCUT2D eigenvalue weighted by Gasteiger charge is 2.36. The van der Waals surface area contributed by atoms with Gasteiger partial charge in [0, 0.05) is 19.6 Å². The van der Waals surface area contributed by atoms with Gasteiger partial charge >= 0.3 is 0 Å². The highest BCUT2D eigenvalue weighted by Crippen LogP contribution is 2.36. The number of hydrogen-bond donors (Lipinski definition) is 1. The molecule has 1 saturated carbocycles. The van der Waals surface area contributed by atoms with Gasteiger partial charge in [0.25, 0.3) is 0 Å². The van der Waals surface area contributed by atoms with Crippen molar-refractivity contribution in [3.05, 3.63) is 29.6 Å². The molecule has 118 valence electrons. The van der Waals surface area contributed by atoms with Gasteiger partial charge in [-0.25, -0.2) is 12.8 Å². The molecule has 0 spiro atoms. The summed E-state index contributed by atoms with van der Waals surface area (Å²) in [4.78, 5) is -0.238. The molecule has 1 aliphatic rings. The monoisotopic (exact) mass is 314 g/mol. The average Bonchev–Trinajstić information content (AvgIpc) is 3.27. The third-order valence-corrected chi connectivity index (χ3v) is 6.09. The lowest BCUT2D eigenvalue weighted by Gasteiger charge is -2.24. The lowest BCUT2D eigenvalue weighted by atomic mass is 10.2. The molecule has 0 bridgehead atoms. The smallest absolute Gasteiger partial charge is 0.245 e. The highest BCUT2D eigenvalue weighted by molar-refractivity contribution is 7.89. The lowest BCUT2D eigenvalue weighted by molar-refractivity contribution is 0.355. The fourth-order valence-electron chi connectivity index (χ4n) is 2.38. The largest absolute Gasteiger partial charge is 0.313 e. The zero-order valence-corrected chi connectivity index (χ0v) is 13.6. The van der Waals surface area contributed by atoms with Gasteiger partial charge in [-0.3, -0.25) is 0 Å². The van der Waals surface area contributed by atoms with E-state index >= 15 is 0 Å².